The SMILES string of the molecule is Nc1ncnc2c1ccn2[C@@H]1C[C@H](CCc2ccc3cc4nc[nH]c4nc3c2)[C@@H](O)[C@H]1O. The van der Waals surface area contributed by atoms with Gasteiger partial charge in [-0.05, 0) is 48.9 Å². The molecule has 1 aromatic carbocycles. The van der Waals surface area contributed by atoms with Crippen molar-refractivity contribution >= 4 is 38.9 Å². The second kappa shape index (κ2) is 7.25. The maximum absolute atomic E-state index is 10.8. The molecule has 32 heavy (non-hydrogen) atoms. The zero-order valence-corrected chi connectivity index (χ0v) is 17.3. The number of rotatable bonds is 4. The summed E-state index contributed by atoms with van der Waals surface area (Å²) in [5.74, 6) is 0.390. The van der Waals surface area contributed by atoms with Crippen LogP contribution in [-0.2, 0) is 6.42 Å². The number of hydrogen-bond donors (Lipinski definition) is 4. The Kier molecular flexibility index (Phi) is 4.34. The molecule has 9 nitrogen and oxygen atoms in total. The van der Waals surface area contributed by atoms with Crippen molar-refractivity contribution in [2.45, 2.75) is 37.5 Å². The van der Waals surface area contributed by atoms with Crippen molar-refractivity contribution in [3.63, 3.8) is 0 Å². The molecule has 1 fully saturated rings. The van der Waals surface area contributed by atoms with Gasteiger partial charge < -0.3 is 25.5 Å². The van der Waals surface area contributed by atoms with E-state index < -0.39 is 12.2 Å². The number of aliphatic hydroxyl groups excluding tert-OH is 2. The van der Waals surface area contributed by atoms with Crippen LogP contribution in [0.3, 0.4) is 0 Å². The molecule has 9 heteroatoms. The summed E-state index contributed by atoms with van der Waals surface area (Å²) < 4.78 is 1.91. The van der Waals surface area contributed by atoms with Gasteiger partial charge in [-0.25, -0.2) is 19.9 Å². The first kappa shape index (κ1) is 19.1. The van der Waals surface area contributed by atoms with Crippen LogP contribution in [0.1, 0.15) is 24.4 Å². The van der Waals surface area contributed by atoms with E-state index in [0.717, 1.165) is 45.9 Å². The molecule has 0 radical (unpaired) electrons. The molecule has 0 bridgehead atoms. The average Bonchev–Trinajstić information content (AvgIpc) is 3.50. The van der Waals surface area contributed by atoms with Gasteiger partial charge in [-0.15, -0.1) is 0 Å². The number of imidazole rings is 1. The zero-order valence-electron chi connectivity index (χ0n) is 17.3. The predicted octanol–water partition coefficient (Wildman–Crippen LogP) is 2.35. The molecule has 1 aliphatic carbocycles. The van der Waals surface area contributed by atoms with E-state index in [-0.39, 0.29) is 12.0 Å². The summed E-state index contributed by atoms with van der Waals surface area (Å²) in [7, 11) is 0. The highest BCUT2D eigenvalue weighted by molar-refractivity contribution is 5.89. The molecule has 0 aliphatic heterocycles. The lowest BCUT2D eigenvalue weighted by atomic mass is 9.95. The number of nitrogens with zero attached hydrogens (tertiary/aromatic N) is 5. The Morgan fingerprint density at radius 1 is 1.06 bits per heavy atom. The molecule has 4 atom stereocenters. The van der Waals surface area contributed by atoms with Gasteiger partial charge in [0.2, 0.25) is 0 Å². The van der Waals surface area contributed by atoms with E-state index in [0.29, 0.717) is 17.9 Å². The van der Waals surface area contributed by atoms with E-state index in [1.54, 1.807) is 6.33 Å². The molecule has 5 aromatic rings. The van der Waals surface area contributed by atoms with Gasteiger partial charge in [-0.2, -0.15) is 0 Å². The quantitative estimate of drug-likeness (QED) is 0.344. The van der Waals surface area contributed by atoms with Crippen LogP contribution in [0, 0.1) is 5.92 Å². The van der Waals surface area contributed by atoms with Gasteiger partial charge >= 0.3 is 0 Å². The molecule has 1 saturated carbocycles. The summed E-state index contributed by atoms with van der Waals surface area (Å²) >= 11 is 0. The third kappa shape index (κ3) is 3.01. The maximum atomic E-state index is 10.8. The minimum absolute atomic E-state index is 0.0228. The first-order valence-corrected chi connectivity index (χ1v) is 10.7. The lowest BCUT2D eigenvalue weighted by Crippen LogP contribution is -2.29. The zero-order chi connectivity index (χ0) is 21.8. The molecular formula is C23H23N7O2. The molecule has 0 unspecified atom stereocenters. The number of benzene rings is 1. The number of nitrogens with one attached hydrogen (secondary N) is 1. The Labute approximate surface area is 183 Å². The van der Waals surface area contributed by atoms with E-state index in [1.807, 2.05) is 22.9 Å². The molecule has 5 N–H and O–H groups in total. The van der Waals surface area contributed by atoms with Crippen LogP contribution in [0.15, 0.2) is 49.2 Å². The summed E-state index contributed by atoms with van der Waals surface area (Å²) in [6.07, 6.45) is 5.51. The second-order valence-electron chi connectivity index (χ2n) is 8.59. The summed E-state index contributed by atoms with van der Waals surface area (Å²) in [6.45, 7) is 0. The average molecular weight is 429 g/mol. The van der Waals surface area contributed by atoms with E-state index in [2.05, 4.69) is 43.1 Å². The summed E-state index contributed by atoms with van der Waals surface area (Å²) in [6, 6.07) is 9.87. The Bertz CT molecular complexity index is 1440. The maximum Gasteiger partial charge on any atom is 0.157 e. The van der Waals surface area contributed by atoms with Crippen molar-refractivity contribution in [3.05, 3.63) is 54.7 Å². The Morgan fingerprint density at radius 3 is 2.88 bits per heavy atom. The number of hydrogen-bond acceptors (Lipinski definition) is 7. The Balaban J connectivity index is 1.22. The lowest BCUT2D eigenvalue weighted by Gasteiger charge is -2.19. The molecule has 0 amide bonds. The third-order valence-corrected chi connectivity index (χ3v) is 6.74. The van der Waals surface area contributed by atoms with Gasteiger partial charge in [0.15, 0.2) is 5.65 Å². The first-order valence-electron chi connectivity index (χ1n) is 10.7. The van der Waals surface area contributed by atoms with Crippen molar-refractivity contribution < 1.29 is 10.2 Å². The smallest absolute Gasteiger partial charge is 0.157 e. The largest absolute Gasteiger partial charge is 0.390 e. The molecule has 6 rings (SSSR count). The van der Waals surface area contributed by atoms with Gasteiger partial charge in [0.05, 0.1) is 29.4 Å². The topological polar surface area (TPSA) is 139 Å². The fourth-order valence-electron chi connectivity index (χ4n) is 5.00. The van der Waals surface area contributed by atoms with E-state index >= 15 is 0 Å². The van der Waals surface area contributed by atoms with Crippen molar-refractivity contribution in [1.82, 2.24) is 29.5 Å². The standard InChI is InChI=1S/C23H23N7O2/c24-21-15-5-6-30(23(15)28-11-26-21)18-9-14(19(31)20(18)32)4-2-12-1-3-13-8-17-22(27-10-25-17)29-16(13)7-12/h1,3,5-8,10-11,14,18-20,31-32H,2,4,9H2,(H2,24,26,28)(H,25,27,29)/t14-,18+,19+,20-/m0/s1. The molecule has 162 valence electrons. The summed E-state index contributed by atoms with van der Waals surface area (Å²) in [5, 5.41) is 23.3. The number of H-pyrrole nitrogens is 1. The van der Waals surface area contributed by atoms with Gasteiger partial charge in [0, 0.05) is 11.6 Å². The minimum atomic E-state index is -0.862. The number of aliphatic hydroxyl groups is 2. The van der Waals surface area contributed by atoms with Gasteiger partial charge in [-0.3, -0.25) is 0 Å². The molecule has 4 aromatic heterocycles. The van der Waals surface area contributed by atoms with E-state index in [1.165, 1.54) is 6.33 Å². The molecule has 4 heterocycles. The highest BCUT2D eigenvalue weighted by Gasteiger charge is 2.42. The van der Waals surface area contributed by atoms with Gasteiger partial charge in [-0.1, -0.05) is 12.1 Å². The molecular weight excluding hydrogens is 406 g/mol. The number of nitrogen functional groups attached to an aromatic ring is 1. The van der Waals surface area contributed by atoms with Crippen molar-refractivity contribution in [2.75, 3.05) is 5.73 Å². The summed E-state index contributed by atoms with van der Waals surface area (Å²) in [5.41, 5.74) is 10.3. The van der Waals surface area contributed by atoms with Crippen LogP contribution >= 0.6 is 0 Å². The van der Waals surface area contributed by atoms with Crippen LogP contribution < -0.4 is 5.73 Å². The molecule has 0 spiro atoms. The van der Waals surface area contributed by atoms with Crippen LogP contribution in [-0.4, -0.2) is 51.9 Å². The van der Waals surface area contributed by atoms with Gasteiger partial charge in [0.1, 0.15) is 29.4 Å². The molecule has 0 saturated heterocycles. The number of anilines is 1. The normalized spacial score (nSPS) is 23.6. The predicted molar refractivity (Wildman–Crippen MR) is 121 cm³/mol. The third-order valence-electron chi connectivity index (χ3n) is 6.74. The lowest BCUT2D eigenvalue weighted by molar-refractivity contribution is 0.00545. The number of aromatic amines is 1. The van der Waals surface area contributed by atoms with Crippen LogP contribution in [0.4, 0.5) is 5.82 Å². The van der Waals surface area contributed by atoms with E-state index in [9.17, 15) is 10.2 Å². The second-order valence-corrected chi connectivity index (χ2v) is 8.59. The molecule has 1 aliphatic rings. The number of nitrogens with two attached hydrogens (primary N) is 1. The Hall–Kier alpha value is -3.56. The number of aromatic nitrogens is 6. The number of aryl methyl sites for hydroxylation is 1. The summed E-state index contributed by atoms with van der Waals surface area (Å²) in [4.78, 5) is 20.3. The number of pyridine rings is 1. The van der Waals surface area contributed by atoms with Crippen molar-refractivity contribution in [1.29, 1.82) is 0 Å². The fourth-order valence-corrected chi connectivity index (χ4v) is 5.00. The fraction of sp³-hybridized carbons (Fsp3) is 0.304. The monoisotopic (exact) mass is 429 g/mol. The van der Waals surface area contributed by atoms with Crippen LogP contribution in [0.25, 0.3) is 33.1 Å². The van der Waals surface area contributed by atoms with Crippen molar-refractivity contribution in [2.24, 2.45) is 5.92 Å². The minimum Gasteiger partial charge on any atom is -0.390 e. The number of fused-ring (bicyclic) bond motifs is 3. The van der Waals surface area contributed by atoms with Gasteiger partial charge in [0.25, 0.3) is 0 Å². The van der Waals surface area contributed by atoms with E-state index in [4.69, 9.17) is 5.73 Å². The first-order chi connectivity index (χ1) is 15.6. The highest BCUT2D eigenvalue weighted by atomic mass is 16.3. The van der Waals surface area contributed by atoms with Crippen LogP contribution in [0.5, 0.6) is 0 Å². The van der Waals surface area contributed by atoms with Crippen molar-refractivity contribution in [3.8, 4) is 0 Å². The highest BCUT2D eigenvalue weighted by Crippen LogP contribution is 2.39. The Morgan fingerprint density at radius 2 is 1.97 bits per heavy atom. The van der Waals surface area contributed by atoms with Crippen LogP contribution in [0.2, 0.25) is 0 Å².